The zero-order valence-corrected chi connectivity index (χ0v) is 21.0. The van der Waals surface area contributed by atoms with E-state index in [1.54, 1.807) is 0 Å². The van der Waals surface area contributed by atoms with E-state index in [-0.39, 0.29) is 41.2 Å². The number of alkyl halides is 3. The lowest BCUT2D eigenvalue weighted by molar-refractivity contribution is -0.137. The van der Waals surface area contributed by atoms with Crippen LogP contribution in [-0.2, 0) is 15.7 Å². The molecule has 4 rings (SSSR count). The Balaban J connectivity index is 1.79. The fourth-order valence-corrected chi connectivity index (χ4v) is 4.53. The van der Waals surface area contributed by atoms with Gasteiger partial charge in [0.15, 0.2) is 16.6 Å². The molecule has 1 fully saturated rings. The van der Waals surface area contributed by atoms with E-state index in [1.807, 2.05) is 0 Å². The number of anilines is 2. The van der Waals surface area contributed by atoms with Crippen molar-refractivity contribution in [2.24, 2.45) is 0 Å². The van der Waals surface area contributed by atoms with Crippen LogP contribution < -0.4 is 20.1 Å². The number of amides is 1. The second-order valence-electron chi connectivity index (χ2n) is 8.67. The molecular formula is C24H19F4N5O4S. The average Bonchev–Trinajstić information content (AvgIpc) is 3.02. The molecule has 198 valence electrons. The van der Waals surface area contributed by atoms with Crippen molar-refractivity contribution in [1.29, 1.82) is 5.26 Å². The molecule has 0 radical (unpaired) electrons. The Morgan fingerprint density at radius 1 is 1.13 bits per heavy atom. The van der Waals surface area contributed by atoms with Crippen molar-refractivity contribution in [2.75, 3.05) is 30.1 Å². The summed E-state index contributed by atoms with van der Waals surface area (Å²) in [6, 6.07) is 6.29. The second-order valence-corrected chi connectivity index (χ2v) is 9.04. The molecule has 1 saturated heterocycles. The van der Waals surface area contributed by atoms with E-state index in [9.17, 15) is 22.8 Å². The minimum Gasteiger partial charge on any atom is -0.475 e. The molecule has 0 bridgehead atoms. The summed E-state index contributed by atoms with van der Waals surface area (Å²) >= 11 is 5.46. The van der Waals surface area contributed by atoms with Crippen molar-refractivity contribution in [1.82, 2.24) is 9.38 Å². The van der Waals surface area contributed by atoms with E-state index in [4.69, 9.17) is 27.0 Å². The van der Waals surface area contributed by atoms with Gasteiger partial charge in [0.25, 0.3) is 11.5 Å². The van der Waals surface area contributed by atoms with Crippen LogP contribution in [0.4, 0.5) is 28.9 Å². The number of pyridine rings is 1. The van der Waals surface area contributed by atoms with Gasteiger partial charge in [0, 0.05) is 19.4 Å². The molecule has 3 aromatic rings. The molecule has 0 N–H and O–H groups in total. The van der Waals surface area contributed by atoms with Gasteiger partial charge in [-0.15, -0.1) is 0 Å². The second kappa shape index (κ2) is 9.66. The molecule has 0 unspecified atom stereocenters. The summed E-state index contributed by atoms with van der Waals surface area (Å²) in [7, 11) is 1.46. The molecule has 1 aromatic carbocycles. The molecule has 0 aliphatic carbocycles. The highest BCUT2D eigenvalue weighted by atomic mass is 32.1. The average molecular weight is 550 g/mol. The molecule has 14 heteroatoms. The minimum atomic E-state index is -4.86. The predicted octanol–water partition coefficient (Wildman–Crippen LogP) is 3.67. The van der Waals surface area contributed by atoms with Gasteiger partial charge in [-0.1, -0.05) is 0 Å². The van der Waals surface area contributed by atoms with Crippen LogP contribution in [0.1, 0.15) is 25.0 Å². The molecule has 0 saturated carbocycles. The number of ether oxygens (including phenoxy) is 2. The number of thiocarbonyl (C=S) groups is 1. The number of rotatable bonds is 6. The van der Waals surface area contributed by atoms with Crippen LogP contribution in [0.15, 0.2) is 41.3 Å². The minimum absolute atomic E-state index is 0.0116. The lowest BCUT2D eigenvalue weighted by Crippen LogP contribution is -2.44. The van der Waals surface area contributed by atoms with Gasteiger partial charge in [-0.05, 0) is 44.3 Å². The zero-order valence-electron chi connectivity index (χ0n) is 20.2. The first-order valence-electron chi connectivity index (χ1n) is 11.0. The number of methoxy groups -OCH3 is 1. The van der Waals surface area contributed by atoms with Gasteiger partial charge in [0.1, 0.15) is 12.1 Å². The van der Waals surface area contributed by atoms with E-state index in [1.165, 1.54) is 38.1 Å². The number of aromatic nitrogens is 2. The number of carbonyl (C=O) groups is 1. The van der Waals surface area contributed by atoms with Crippen LogP contribution in [0.5, 0.6) is 5.88 Å². The standard InChI is InChI=1S/C24H19F4N5O4S/c1-23(2)21(35)32(14-5-4-13(11-29)16(8-14)24(26,27)28)22(38)33(23)15-9-17(25)20-30-18(37-7-6-36-3)10-19(34)31(20)12-15/h4-5,8-10,12H,6-7H2,1-3H3. The maximum atomic E-state index is 15.2. The van der Waals surface area contributed by atoms with Crippen LogP contribution >= 0.6 is 12.2 Å². The fourth-order valence-electron chi connectivity index (χ4n) is 4.01. The Kier molecular flexibility index (Phi) is 6.85. The summed E-state index contributed by atoms with van der Waals surface area (Å²) in [6.45, 7) is 3.20. The lowest BCUT2D eigenvalue weighted by atomic mass is 10.0. The molecular weight excluding hydrogens is 530 g/mol. The molecule has 1 amide bonds. The number of fused-ring (bicyclic) bond motifs is 1. The monoisotopic (exact) mass is 549 g/mol. The Hall–Kier alpha value is -4.09. The SMILES string of the molecule is COCCOc1cc(=O)n2cc(N3C(=S)N(c4ccc(C#N)c(C(F)(F)F)c4)C(=O)C3(C)C)cc(F)c2n1. The van der Waals surface area contributed by atoms with Crippen LogP contribution in [0.25, 0.3) is 5.65 Å². The summed E-state index contributed by atoms with van der Waals surface area (Å²) in [5.41, 5.74) is -4.60. The third-order valence-corrected chi connectivity index (χ3v) is 6.19. The fraction of sp³-hybridized carbons (Fsp3) is 0.292. The molecule has 1 aliphatic heterocycles. The molecule has 38 heavy (non-hydrogen) atoms. The van der Waals surface area contributed by atoms with Gasteiger partial charge in [-0.25, -0.2) is 4.39 Å². The van der Waals surface area contributed by atoms with E-state index >= 15 is 4.39 Å². The predicted molar refractivity (Wildman–Crippen MR) is 132 cm³/mol. The van der Waals surface area contributed by atoms with Gasteiger partial charge in [0.05, 0.1) is 41.2 Å². The van der Waals surface area contributed by atoms with Gasteiger partial charge < -0.3 is 14.4 Å². The smallest absolute Gasteiger partial charge is 0.417 e. The zero-order chi connectivity index (χ0) is 28.0. The third-order valence-electron chi connectivity index (χ3n) is 5.83. The Labute approximate surface area is 218 Å². The first-order chi connectivity index (χ1) is 17.8. The van der Waals surface area contributed by atoms with Crippen molar-refractivity contribution in [3.8, 4) is 11.9 Å². The topological polar surface area (TPSA) is 100 Å². The summed E-state index contributed by atoms with van der Waals surface area (Å²) in [6.07, 6.45) is -3.64. The quantitative estimate of drug-likeness (QED) is 0.261. The highest BCUT2D eigenvalue weighted by molar-refractivity contribution is 7.81. The Bertz CT molecular complexity index is 1560. The maximum Gasteiger partial charge on any atom is 0.417 e. The van der Waals surface area contributed by atoms with Crippen LogP contribution in [-0.4, -0.2) is 46.3 Å². The summed E-state index contributed by atoms with van der Waals surface area (Å²) < 4.78 is 66.9. The van der Waals surface area contributed by atoms with Crippen LogP contribution in [0.2, 0.25) is 0 Å². The first-order valence-corrected chi connectivity index (χ1v) is 11.4. The molecule has 2 aromatic heterocycles. The number of nitriles is 1. The largest absolute Gasteiger partial charge is 0.475 e. The molecule has 0 spiro atoms. The molecule has 0 atom stereocenters. The Morgan fingerprint density at radius 3 is 2.47 bits per heavy atom. The van der Waals surface area contributed by atoms with E-state index < -0.39 is 40.1 Å². The summed E-state index contributed by atoms with van der Waals surface area (Å²) in [5, 5.41) is 8.82. The third kappa shape index (κ3) is 4.54. The number of hydrogen-bond donors (Lipinski definition) is 0. The highest BCUT2D eigenvalue weighted by Crippen LogP contribution is 2.39. The number of carbonyl (C=O) groups excluding carboxylic acids is 1. The van der Waals surface area contributed by atoms with Gasteiger partial charge in [-0.2, -0.15) is 23.4 Å². The molecule has 1 aliphatic rings. The number of hydrogen-bond acceptors (Lipinski definition) is 7. The number of halogens is 4. The molecule has 3 heterocycles. The van der Waals surface area contributed by atoms with Crippen LogP contribution in [0, 0.1) is 17.1 Å². The molecule has 9 nitrogen and oxygen atoms in total. The Morgan fingerprint density at radius 2 is 1.84 bits per heavy atom. The van der Waals surface area contributed by atoms with Gasteiger partial charge >= 0.3 is 6.18 Å². The first kappa shape index (κ1) is 27.0. The van der Waals surface area contributed by atoms with Crippen molar-refractivity contribution < 1.29 is 31.8 Å². The van der Waals surface area contributed by atoms with Gasteiger partial charge in [-0.3, -0.25) is 18.9 Å². The lowest BCUT2D eigenvalue weighted by Gasteiger charge is -2.29. The maximum absolute atomic E-state index is 15.2. The van der Waals surface area contributed by atoms with Crippen molar-refractivity contribution in [3.05, 3.63) is 63.8 Å². The van der Waals surface area contributed by atoms with E-state index in [2.05, 4.69) is 4.98 Å². The highest BCUT2D eigenvalue weighted by Gasteiger charge is 2.51. The summed E-state index contributed by atoms with van der Waals surface area (Å²) in [5.74, 6) is -1.74. The van der Waals surface area contributed by atoms with Crippen LogP contribution in [0.3, 0.4) is 0 Å². The van der Waals surface area contributed by atoms with Crippen molar-refractivity contribution in [2.45, 2.75) is 25.6 Å². The number of benzene rings is 1. The van der Waals surface area contributed by atoms with Crippen molar-refractivity contribution >= 4 is 40.3 Å². The normalized spacial score (nSPS) is 15.3. The van der Waals surface area contributed by atoms with E-state index in [0.29, 0.717) is 6.07 Å². The number of nitrogens with zero attached hydrogens (tertiary/aromatic N) is 5. The summed E-state index contributed by atoms with van der Waals surface area (Å²) in [4.78, 5) is 32.2. The van der Waals surface area contributed by atoms with Crippen molar-refractivity contribution in [3.63, 3.8) is 0 Å². The van der Waals surface area contributed by atoms with Gasteiger partial charge in [0.2, 0.25) is 5.88 Å². The van der Waals surface area contributed by atoms with E-state index in [0.717, 1.165) is 33.6 Å².